The number of amides is 1. The van der Waals surface area contributed by atoms with E-state index in [1.165, 1.54) is 25.9 Å². The topological polar surface area (TPSA) is 60.0 Å². The van der Waals surface area contributed by atoms with E-state index >= 15 is 0 Å². The maximum Gasteiger partial charge on any atom is 0.412 e. The van der Waals surface area contributed by atoms with Crippen LogP contribution in [0.1, 0.15) is 52.0 Å². The Bertz CT molecular complexity index is 648. The Morgan fingerprint density at radius 1 is 1.22 bits per heavy atom. The van der Waals surface area contributed by atoms with Crippen molar-refractivity contribution in [3.05, 3.63) is 17.7 Å². The first-order valence-corrected chi connectivity index (χ1v) is 10.1. The summed E-state index contributed by atoms with van der Waals surface area (Å²) in [6.45, 7) is 10.4. The van der Waals surface area contributed by atoms with Gasteiger partial charge in [0, 0.05) is 23.9 Å². The van der Waals surface area contributed by atoms with Gasteiger partial charge in [0.05, 0.1) is 13.2 Å². The van der Waals surface area contributed by atoms with Crippen LogP contribution in [0.2, 0.25) is 0 Å². The summed E-state index contributed by atoms with van der Waals surface area (Å²) in [5.74, 6) is 1.52. The molecule has 0 atom stereocenters. The zero-order valence-corrected chi connectivity index (χ0v) is 16.8. The van der Waals surface area contributed by atoms with Gasteiger partial charge in [-0.05, 0) is 72.0 Å². The van der Waals surface area contributed by atoms with Crippen molar-refractivity contribution in [3.63, 3.8) is 0 Å². The van der Waals surface area contributed by atoms with E-state index in [-0.39, 0.29) is 0 Å². The molecule has 0 radical (unpaired) electrons. The first-order chi connectivity index (χ1) is 12.9. The molecule has 27 heavy (non-hydrogen) atoms. The van der Waals surface area contributed by atoms with Crippen LogP contribution in [-0.4, -0.2) is 49.4 Å². The summed E-state index contributed by atoms with van der Waals surface area (Å²) in [6, 6.07) is 3.79. The molecule has 1 N–H and O–H groups in total. The minimum atomic E-state index is -0.531. The van der Waals surface area contributed by atoms with Gasteiger partial charge < -0.3 is 19.1 Å². The lowest BCUT2D eigenvalue weighted by molar-refractivity contribution is 0.0636. The molecule has 2 aliphatic rings. The average Bonchev–Trinajstić information content (AvgIpc) is 3.10. The highest BCUT2D eigenvalue weighted by atomic mass is 16.6. The van der Waals surface area contributed by atoms with Crippen molar-refractivity contribution in [1.82, 2.24) is 4.90 Å². The molecule has 0 spiro atoms. The Kier molecular flexibility index (Phi) is 6.47. The highest BCUT2D eigenvalue weighted by molar-refractivity contribution is 5.85. The number of benzene rings is 1. The molecule has 1 aromatic rings. The molecular weight excluding hydrogens is 344 g/mol. The van der Waals surface area contributed by atoms with E-state index in [2.05, 4.69) is 10.2 Å². The molecule has 1 amide bonds. The van der Waals surface area contributed by atoms with Gasteiger partial charge in [0.1, 0.15) is 5.60 Å². The van der Waals surface area contributed by atoms with E-state index in [1.54, 1.807) is 0 Å². The molecule has 2 heterocycles. The van der Waals surface area contributed by atoms with Crippen LogP contribution in [0.5, 0.6) is 11.5 Å². The Labute approximate surface area is 162 Å². The van der Waals surface area contributed by atoms with Crippen LogP contribution >= 0.6 is 0 Å². The quantitative estimate of drug-likeness (QED) is 0.753. The number of likely N-dealkylation sites (tertiary alicyclic amines) is 1. The van der Waals surface area contributed by atoms with Crippen LogP contribution in [0.15, 0.2) is 12.1 Å². The van der Waals surface area contributed by atoms with Crippen LogP contribution < -0.4 is 14.8 Å². The number of fused-ring (bicyclic) bond motifs is 1. The van der Waals surface area contributed by atoms with Crippen LogP contribution in [0.25, 0.3) is 0 Å². The number of carbonyl (C=O) groups excluding carboxylic acids is 1. The highest BCUT2D eigenvalue weighted by Gasteiger charge is 2.21. The SMILES string of the molecule is CC(C)(C)OC(=O)Nc1cc2c(c(OCCCN3CCCC3)c1)OCCC2. The van der Waals surface area contributed by atoms with Crippen LogP contribution in [0.4, 0.5) is 10.5 Å². The van der Waals surface area contributed by atoms with Gasteiger partial charge in [-0.25, -0.2) is 4.79 Å². The second-order valence-electron chi connectivity index (χ2n) is 8.29. The van der Waals surface area contributed by atoms with Crippen molar-refractivity contribution in [3.8, 4) is 11.5 Å². The second-order valence-corrected chi connectivity index (χ2v) is 8.29. The van der Waals surface area contributed by atoms with E-state index in [9.17, 15) is 4.79 Å². The van der Waals surface area contributed by atoms with Crippen molar-refractivity contribution in [1.29, 1.82) is 0 Å². The molecule has 150 valence electrons. The largest absolute Gasteiger partial charge is 0.490 e. The number of carbonyl (C=O) groups is 1. The number of hydrogen-bond donors (Lipinski definition) is 1. The van der Waals surface area contributed by atoms with Gasteiger partial charge in [-0.3, -0.25) is 5.32 Å². The predicted octanol–water partition coefficient (Wildman–Crippen LogP) is 4.22. The Hall–Kier alpha value is -1.95. The number of anilines is 1. The third-order valence-corrected chi connectivity index (χ3v) is 4.69. The Balaban J connectivity index is 1.63. The highest BCUT2D eigenvalue weighted by Crippen LogP contribution is 2.38. The van der Waals surface area contributed by atoms with Crippen molar-refractivity contribution in [2.75, 3.05) is 38.2 Å². The molecule has 3 rings (SSSR count). The number of aryl methyl sites for hydroxylation is 1. The number of nitrogens with zero attached hydrogens (tertiary/aromatic N) is 1. The third kappa shape index (κ3) is 6.03. The maximum absolute atomic E-state index is 12.1. The summed E-state index contributed by atoms with van der Waals surface area (Å²) in [4.78, 5) is 14.6. The lowest BCUT2D eigenvalue weighted by Crippen LogP contribution is -2.27. The van der Waals surface area contributed by atoms with E-state index in [0.717, 1.165) is 37.1 Å². The van der Waals surface area contributed by atoms with Crippen molar-refractivity contribution in [2.24, 2.45) is 0 Å². The first kappa shape index (κ1) is 19.8. The number of nitrogens with one attached hydrogen (secondary N) is 1. The van der Waals surface area contributed by atoms with Gasteiger partial charge in [0.25, 0.3) is 0 Å². The fourth-order valence-corrected chi connectivity index (χ4v) is 3.52. The standard InChI is InChI=1S/C21H32N2O4/c1-21(2,3)27-20(24)22-17-14-16-8-6-12-26-19(16)18(15-17)25-13-7-11-23-9-4-5-10-23/h14-15H,4-13H2,1-3H3,(H,22,24). The Morgan fingerprint density at radius 2 is 2.00 bits per heavy atom. The molecule has 2 aliphatic heterocycles. The van der Waals surface area contributed by atoms with E-state index < -0.39 is 11.7 Å². The molecule has 0 bridgehead atoms. The number of rotatable bonds is 6. The maximum atomic E-state index is 12.1. The zero-order valence-electron chi connectivity index (χ0n) is 16.8. The first-order valence-electron chi connectivity index (χ1n) is 10.1. The molecule has 1 aromatic carbocycles. The Morgan fingerprint density at radius 3 is 2.74 bits per heavy atom. The van der Waals surface area contributed by atoms with Gasteiger partial charge in [-0.2, -0.15) is 0 Å². The van der Waals surface area contributed by atoms with Crippen LogP contribution in [-0.2, 0) is 11.2 Å². The predicted molar refractivity (Wildman–Crippen MR) is 106 cm³/mol. The summed E-state index contributed by atoms with van der Waals surface area (Å²) < 4.78 is 17.2. The lowest BCUT2D eigenvalue weighted by Gasteiger charge is -2.23. The lowest BCUT2D eigenvalue weighted by atomic mass is 10.0. The minimum Gasteiger partial charge on any atom is -0.490 e. The van der Waals surface area contributed by atoms with Crippen molar-refractivity contribution in [2.45, 2.75) is 58.5 Å². The second kappa shape index (κ2) is 8.83. The average molecular weight is 376 g/mol. The summed E-state index contributed by atoms with van der Waals surface area (Å²) >= 11 is 0. The fraction of sp³-hybridized carbons (Fsp3) is 0.667. The summed E-state index contributed by atoms with van der Waals surface area (Å²) in [5.41, 5.74) is 1.23. The number of hydrogen-bond acceptors (Lipinski definition) is 5. The third-order valence-electron chi connectivity index (χ3n) is 4.69. The molecule has 0 aliphatic carbocycles. The normalized spacial score (nSPS) is 17.1. The molecule has 1 saturated heterocycles. The monoisotopic (exact) mass is 376 g/mol. The van der Waals surface area contributed by atoms with Crippen molar-refractivity contribution >= 4 is 11.8 Å². The fourth-order valence-electron chi connectivity index (χ4n) is 3.52. The smallest absolute Gasteiger partial charge is 0.412 e. The molecule has 6 nitrogen and oxygen atoms in total. The zero-order chi connectivity index (χ0) is 19.3. The molecule has 0 saturated carbocycles. The van der Waals surface area contributed by atoms with Crippen LogP contribution in [0, 0.1) is 0 Å². The molecule has 0 aromatic heterocycles. The van der Waals surface area contributed by atoms with E-state index in [4.69, 9.17) is 14.2 Å². The number of ether oxygens (including phenoxy) is 3. The van der Waals surface area contributed by atoms with Gasteiger partial charge in [0.2, 0.25) is 0 Å². The van der Waals surface area contributed by atoms with Crippen LogP contribution in [0.3, 0.4) is 0 Å². The van der Waals surface area contributed by atoms with Crippen molar-refractivity contribution < 1.29 is 19.0 Å². The van der Waals surface area contributed by atoms with E-state index in [1.807, 2.05) is 32.9 Å². The summed E-state index contributed by atoms with van der Waals surface area (Å²) in [7, 11) is 0. The van der Waals surface area contributed by atoms with E-state index in [0.29, 0.717) is 24.7 Å². The van der Waals surface area contributed by atoms with Gasteiger partial charge in [-0.15, -0.1) is 0 Å². The summed E-state index contributed by atoms with van der Waals surface area (Å²) in [6.07, 6.45) is 5.03. The molecule has 0 unspecified atom stereocenters. The van der Waals surface area contributed by atoms with Gasteiger partial charge in [0.15, 0.2) is 11.5 Å². The van der Waals surface area contributed by atoms with Gasteiger partial charge >= 0.3 is 6.09 Å². The molecule has 1 fully saturated rings. The summed E-state index contributed by atoms with van der Waals surface area (Å²) in [5, 5.41) is 2.82. The van der Waals surface area contributed by atoms with Gasteiger partial charge in [-0.1, -0.05) is 0 Å². The molecular formula is C21H32N2O4. The minimum absolute atomic E-state index is 0.459. The molecule has 6 heteroatoms.